The van der Waals surface area contributed by atoms with Crippen LogP contribution in [-0.4, -0.2) is 21.4 Å². The fourth-order valence-corrected chi connectivity index (χ4v) is 7.25. The van der Waals surface area contributed by atoms with E-state index in [1.165, 1.54) is 95.0 Å². The molecule has 1 fully saturated rings. The molecule has 160 valence electrons. The monoisotopic (exact) mass is 414 g/mol. The number of hydrogen-bond acceptors (Lipinski definition) is 3. The van der Waals surface area contributed by atoms with Crippen molar-refractivity contribution in [2.24, 2.45) is 5.41 Å². The average molecular weight is 415 g/mol. The third-order valence-electron chi connectivity index (χ3n) is 5.77. The summed E-state index contributed by atoms with van der Waals surface area (Å²) >= 11 is 4.53. The second-order valence-corrected chi connectivity index (χ2v) is 12.6. The van der Waals surface area contributed by atoms with E-state index in [9.17, 15) is 4.79 Å². The van der Waals surface area contributed by atoms with E-state index in [4.69, 9.17) is 0 Å². The lowest BCUT2D eigenvalue weighted by Crippen LogP contribution is -2.19. The Bertz CT molecular complexity index is 380. The van der Waals surface area contributed by atoms with Gasteiger partial charge in [0.25, 0.3) is 0 Å². The van der Waals surface area contributed by atoms with Crippen molar-refractivity contribution in [3.63, 3.8) is 0 Å². The highest BCUT2D eigenvalue weighted by molar-refractivity contribution is 8.21. The summed E-state index contributed by atoms with van der Waals surface area (Å²) in [5, 5.41) is 0. The van der Waals surface area contributed by atoms with Crippen molar-refractivity contribution in [1.29, 1.82) is 0 Å². The van der Waals surface area contributed by atoms with E-state index in [0.717, 1.165) is 12.8 Å². The van der Waals surface area contributed by atoms with Crippen LogP contribution >= 0.6 is 23.5 Å². The highest BCUT2D eigenvalue weighted by atomic mass is 32.2. The molecule has 27 heavy (non-hydrogen) atoms. The fraction of sp³-hybridized carbons (Fsp3) is 0.958. The second kappa shape index (κ2) is 14.4. The van der Waals surface area contributed by atoms with Crippen molar-refractivity contribution in [3.8, 4) is 0 Å². The number of thioether (sulfide) groups is 2. The zero-order valence-electron chi connectivity index (χ0n) is 18.7. The SMILES string of the molecule is CCCCCCC1(CCCCCCCCCCC(=O)C(C)(C)C)SCCS1. The molecule has 0 radical (unpaired) electrons. The summed E-state index contributed by atoms with van der Waals surface area (Å²) in [5.74, 6) is 3.17. The minimum atomic E-state index is -0.150. The van der Waals surface area contributed by atoms with E-state index in [1.54, 1.807) is 0 Å². The number of hydrogen-bond donors (Lipinski definition) is 0. The average Bonchev–Trinajstić information content (AvgIpc) is 3.08. The van der Waals surface area contributed by atoms with Gasteiger partial charge in [0, 0.05) is 23.3 Å². The number of Topliss-reactive ketones (excluding diaryl/α,β-unsaturated/α-hetero) is 1. The standard InChI is InChI=1S/C24H46OS2/c1-5-6-7-15-18-24(26-20-21-27-24)19-16-13-11-9-8-10-12-14-17-22(25)23(2,3)4/h5-21H2,1-4H3. The second-order valence-electron chi connectivity index (χ2n) is 9.42. The quantitative estimate of drug-likeness (QED) is 0.235. The van der Waals surface area contributed by atoms with Gasteiger partial charge in [-0.25, -0.2) is 0 Å². The summed E-state index contributed by atoms with van der Waals surface area (Å²) in [6.45, 7) is 8.41. The van der Waals surface area contributed by atoms with Crippen molar-refractivity contribution in [2.45, 2.75) is 128 Å². The van der Waals surface area contributed by atoms with Crippen molar-refractivity contribution in [1.82, 2.24) is 0 Å². The Balaban J connectivity index is 1.98. The molecule has 0 unspecified atom stereocenters. The first-order chi connectivity index (χ1) is 12.9. The highest BCUT2D eigenvalue weighted by Gasteiger charge is 2.34. The maximum Gasteiger partial charge on any atom is 0.138 e. The van der Waals surface area contributed by atoms with Gasteiger partial charge in [-0.15, -0.1) is 23.5 Å². The Morgan fingerprint density at radius 1 is 0.741 bits per heavy atom. The van der Waals surface area contributed by atoms with Gasteiger partial charge in [-0.2, -0.15) is 0 Å². The molecule has 1 aliphatic heterocycles. The number of rotatable bonds is 16. The van der Waals surface area contributed by atoms with Gasteiger partial charge in [-0.05, 0) is 19.3 Å². The van der Waals surface area contributed by atoms with Gasteiger partial charge in [0.2, 0.25) is 0 Å². The van der Waals surface area contributed by atoms with Gasteiger partial charge in [-0.3, -0.25) is 4.79 Å². The van der Waals surface area contributed by atoms with Crippen LogP contribution in [0.25, 0.3) is 0 Å². The molecule has 1 aliphatic rings. The summed E-state index contributed by atoms with van der Waals surface area (Å²) in [4.78, 5) is 11.9. The van der Waals surface area contributed by atoms with Crippen molar-refractivity contribution in [2.75, 3.05) is 11.5 Å². The van der Waals surface area contributed by atoms with Crippen molar-refractivity contribution >= 4 is 29.3 Å². The van der Waals surface area contributed by atoms with Crippen LogP contribution in [0.5, 0.6) is 0 Å². The molecule has 0 amide bonds. The first kappa shape index (κ1) is 25.4. The van der Waals surface area contributed by atoms with Crippen molar-refractivity contribution < 1.29 is 4.79 Å². The maximum atomic E-state index is 11.9. The molecule has 0 aromatic rings. The Kier molecular flexibility index (Phi) is 13.5. The zero-order chi connectivity index (χ0) is 20.0. The molecule has 3 heteroatoms. The Morgan fingerprint density at radius 2 is 1.19 bits per heavy atom. The molecule has 0 aromatic heterocycles. The number of ketones is 1. The molecular formula is C24H46OS2. The third-order valence-corrected chi connectivity index (χ3v) is 9.42. The van der Waals surface area contributed by atoms with E-state index in [1.807, 2.05) is 20.8 Å². The van der Waals surface area contributed by atoms with Crippen LogP contribution in [0.3, 0.4) is 0 Å². The molecule has 0 spiro atoms. The van der Waals surface area contributed by atoms with Crippen LogP contribution < -0.4 is 0 Å². The molecule has 0 aromatic carbocycles. The van der Waals surface area contributed by atoms with E-state index >= 15 is 0 Å². The molecule has 1 heterocycles. The third kappa shape index (κ3) is 11.8. The van der Waals surface area contributed by atoms with E-state index < -0.39 is 0 Å². The summed E-state index contributed by atoms with van der Waals surface area (Å²) in [5.41, 5.74) is -0.150. The number of carbonyl (C=O) groups excluding carboxylic acids is 1. The molecule has 1 rings (SSSR count). The van der Waals surface area contributed by atoms with Crippen LogP contribution in [0.2, 0.25) is 0 Å². The predicted octanol–water partition coefficient (Wildman–Crippen LogP) is 8.65. The molecule has 0 atom stereocenters. The van der Waals surface area contributed by atoms with Gasteiger partial charge in [0.15, 0.2) is 0 Å². The van der Waals surface area contributed by atoms with Gasteiger partial charge >= 0.3 is 0 Å². The van der Waals surface area contributed by atoms with E-state index in [-0.39, 0.29) is 5.41 Å². The lowest BCUT2D eigenvalue weighted by Gasteiger charge is -2.27. The predicted molar refractivity (Wildman–Crippen MR) is 127 cm³/mol. The lowest BCUT2D eigenvalue weighted by molar-refractivity contribution is -0.126. The van der Waals surface area contributed by atoms with Crippen LogP contribution in [0.4, 0.5) is 0 Å². The van der Waals surface area contributed by atoms with Gasteiger partial charge in [0.1, 0.15) is 5.78 Å². The lowest BCUT2D eigenvalue weighted by atomic mass is 9.88. The molecule has 1 nitrogen and oxygen atoms in total. The Hall–Kier alpha value is 0.370. The first-order valence-corrected chi connectivity index (χ1v) is 13.7. The van der Waals surface area contributed by atoms with Gasteiger partial charge in [-0.1, -0.05) is 98.3 Å². The Morgan fingerprint density at radius 3 is 1.67 bits per heavy atom. The maximum absolute atomic E-state index is 11.9. The zero-order valence-corrected chi connectivity index (χ0v) is 20.4. The number of unbranched alkanes of at least 4 members (excludes halogenated alkanes) is 10. The van der Waals surface area contributed by atoms with Gasteiger partial charge < -0.3 is 0 Å². The molecule has 1 saturated heterocycles. The first-order valence-electron chi connectivity index (χ1n) is 11.7. The number of carbonyl (C=O) groups is 1. The van der Waals surface area contributed by atoms with Gasteiger partial charge in [0.05, 0.1) is 4.08 Å². The summed E-state index contributed by atoms with van der Waals surface area (Å²) < 4.78 is 0.577. The summed E-state index contributed by atoms with van der Waals surface area (Å²) in [7, 11) is 0. The topological polar surface area (TPSA) is 17.1 Å². The molecule has 0 N–H and O–H groups in total. The summed E-state index contributed by atoms with van der Waals surface area (Å²) in [6.07, 6.45) is 19.9. The molecule has 0 saturated carbocycles. The van der Waals surface area contributed by atoms with Crippen LogP contribution in [0, 0.1) is 5.41 Å². The molecule has 0 aliphatic carbocycles. The normalized spacial score (nSPS) is 16.7. The molecule has 0 bridgehead atoms. The smallest absolute Gasteiger partial charge is 0.138 e. The fourth-order valence-electron chi connectivity index (χ4n) is 3.85. The van der Waals surface area contributed by atoms with Crippen LogP contribution in [-0.2, 0) is 4.79 Å². The van der Waals surface area contributed by atoms with Crippen LogP contribution in [0.1, 0.15) is 124 Å². The minimum Gasteiger partial charge on any atom is -0.299 e. The Labute approximate surface area is 179 Å². The molecular weight excluding hydrogens is 368 g/mol. The summed E-state index contributed by atoms with van der Waals surface area (Å²) in [6, 6.07) is 0. The van der Waals surface area contributed by atoms with Crippen LogP contribution in [0.15, 0.2) is 0 Å². The van der Waals surface area contributed by atoms with E-state index in [0.29, 0.717) is 9.86 Å². The minimum absolute atomic E-state index is 0.150. The van der Waals surface area contributed by atoms with E-state index in [2.05, 4.69) is 30.4 Å². The van der Waals surface area contributed by atoms with Crippen molar-refractivity contribution in [3.05, 3.63) is 0 Å². The largest absolute Gasteiger partial charge is 0.299 e. The highest BCUT2D eigenvalue weighted by Crippen LogP contribution is 2.50.